The summed E-state index contributed by atoms with van der Waals surface area (Å²) < 4.78 is 1.59. The highest BCUT2D eigenvalue weighted by molar-refractivity contribution is 14.0. The first-order valence-electron chi connectivity index (χ1n) is 10.0. The number of aryl methyl sites for hydroxylation is 1. The van der Waals surface area contributed by atoms with Gasteiger partial charge in [-0.3, -0.25) is 14.5 Å². The van der Waals surface area contributed by atoms with Gasteiger partial charge in [0.25, 0.3) is 0 Å². The molecule has 0 spiro atoms. The fraction of sp³-hybridized carbons (Fsp3) is 0.261. The van der Waals surface area contributed by atoms with E-state index in [4.69, 9.17) is 0 Å². The monoisotopic (exact) mass is 564 g/mol. The molecule has 7 nitrogen and oxygen atoms in total. The Balaban J connectivity index is 0.00000363. The molecule has 0 aliphatic carbocycles. The SMILES string of the molecule is CN=C(NCc1cccc(NC(=O)Cn2cccn2)c1)NCc1ccc(C)cc1SC.I. The first-order valence-corrected chi connectivity index (χ1v) is 11.2. The van der Waals surface area contributed by atoms with Crippen molar-refractivity contribution in [2.45, 2.75) is 31.5 Å². The summed E-state index contributed by atoms with van der Waals surface area (Å²) in [7, 11) is 1.76. The summed E-state index contributed by atoms with van der Waals surface area (Å²) in [6.45, 7) is 3.57. The normalized spacial score (nSPS) is 10.9. The van der Waals surface area contributed by atoms with Gasteiger partial charge in [0.05, 0.1) is 0 Å². The predicted molar refractivity (Wildman–Crippen MR) is 143 cm³/mol. The van der Waals surface area contributed by atoms with E-state index in [0.717, 1.165) is 17.2 Å². The van der Waals surface area contributed by atoms with Gasteiger partial charge in [0, 0.05) is 43.1 Å². The number of nitrogens with zero attached hydrogens (tertiary/aromatic N) is 3. The lowest BCUT2D eigenvalue weighted by Crippen LogP contribution is -2.36. The Labute approximate surface area is 210 Å². The second-order valence-electron chi connectivity index (χ2n) is 7.05. The van der Waals surface area contributed by atoms with Crippen molar-refractivity contribution in [3.05, 3.63) is 77.6 Å². The van der Waals surface area contributed by atoms with Crippen molar-refractivity contribution in [2.24, 2.45) is 4.99 Å². The molecule has 0 aliphatic rings. The maximum Gasteiger partial charge on any atom is 0.246 e. The third-order valence-corrected chi connectivity index (χ3v) is 5.47. The van der Waals surface area contributed by atoms with Crippen molar-refractivity contribution in [1.82, 2.24) is 20.4 Å². The summed E-state index contributed by atoms with van der Waals surface area (Å²) in [4.78, 5) is 17.8. The van der Waals surface area contributed by atoms with Crippen LogP contribution in [0.1, 0.15) is 16.7 Å². The second kappa shape index (κ2) is 13.1. The standard InChI is InChI=1S/C23H28N6OS.HI/c1-17-8-9-19(21(12-17)31-3)15-26-23(24-2)25-14-18-6-4-7-20(13-18)28-22(30)16-29-11-5-10-27-29;/h4-13H,14-16H2,1-3H3,(H,28,30)(H2,24,25,26);1H. The Bertz CT molecular complexity index is 1040. The molecule has 1 aromatic heterocycles. The lowest BCUT2D eigenvalue weighted by Gasteiger charge is -2.14. The molecule has 0 radical (unpaired) electrons. The number of nitrogens with one attached hydrogen (secondary N) is 3. The molecule has 0 saturated heterocycles. The molecular weight excluding hydrogens is 535 g/mol. The summed E-state index contributed by atoms with van der Waals surface area (Å²) in [5.41, 5.74) is 4.29. The molecule has 0 bridgehead atoms. The van der Waals surface area contributed by atoms with Crippen molar-refractivity contribution in [3.63, 3.8) is 0 Å². The number of amides is 1. The molecule has 0 saturated carbocycles. The summed E-state index contributed by atoms with van der Waals surface area (Å²) in [5, 5.41) is 13.7. The van der Waals surface area contributed by atoms with Crippen molar-refractivity contribution in [2.75, 3.05) is 18.6 Å². The van der Waals surface area contributed by atoms with E-state index in [9.17, 15) is 4.79 Å². The molecule has 2 aromatic carbocycles. The third kappa shape index (κ3) is 7.86. The molecule has 3 aromatic rings. The van der Waals surface area contributed by atoms with Crippen LogP contribution >= 0.6 is 35.7 Å². The zero-order valence-electron chi connectivity index (χ0n) is 18.5. The molecule has 32 heavy (non-hydrogen) atoms. The molecule has 3 rings (SSSR count). The zero-order chi connectivity index (χ0) is 22.1. The van der Waals surface area contributed by atoms with Gasteiger partial charge in [0.2, 0.25) is 5.91 Å². The van der Waals surface area contributed by atoms with E-state index in [1.807, 2.05) is 24.3 Å². The third-order valence-electron chi connectivity index (χ3n) is 4.65. The van der Waals surface area contributed by atoms with Gasteiger partial charge in [0.1, 0.15) is 6.54 Å². The smallest absolute Gasteiger partial charge is 0.246 e. The van der Waals surface area contributed by atoms with Crippen LogP contribution in [0.25, 0.3) is 0 Å². The van der Waals surface area contributed by atoms with Crippen LogP contribution in [-0.2, 0) is 24.4 Å². The number of guanidine groups is 1. The maximum atomic E-state index is 12.2. The highest BCUT2D eigenvalue weighted by Crippen LogP contribution is 2.21. The van der Waals surface area contributed by atoms with Gasteiger partial charge in [-0.25, -0.2) is 0 Å². The molecule has 0 atom stereocenters. The van der Waals surface area contributed by atoms with Crippen LogP contribution in [0.3, 0.4) is 0 Å². The minimum Gasteiger partial charge on any atom is -0.352 e. The Hall–Kier alpha value is -2.53. The summed E-state index contributed by atoms with van der Waals surface area (Å²) >= 11 is 1.75. The van der Waals surface area contributed by atoms with Crippen LogP contribution in [0.4, 0.5) is 5.69 Å². The fourth-order valence-corrected chi connectivity index (χ4v) is 3.79. The Morgan fingerprint density at radius 2 is 1.94 bits per heavy atom. The molecule has 0 aliphatic heterocycles. The first-order chi connectivity index (χ1) is 15.1. The van der Waals surface area contributed by atoms with E-state index in [1.165, 1.54) is 16.0 Å². The number of aliphatic imine (C=N–C) groups is 1. The quantitative estimate of drug-likeness (QED) is 0.167. The highest BCUT2D eigenvalue weighted by Gasteiger charge is 2.06. The molecular formula is C23H29IN6OS. The highest BCUT2D eigenvalue weighted by atomic mass is 127. The molecule has 0 unspecified atom stereocenters. The lowest BCUT2D eigenvalue weighted by atomic mass is 10.1. The van der Waals surface area contributed by atoms with Gasteiger partial charge in [-0.05, 0) is 54.1 Å². The minimum absolute atomic E-state index is 0. The maximum absolute atomic E-state index is 12.2. The van der Waals surface area contributed by atoms with Crippen LogP contribution < -0.4 is 16.0 Å². The molecule has 1 amide bonds. The van der Waals surface area contributed by atoms with Gasteiger partial charge in [-0.2, -0.15) is 5.10 Å². The number of benzene rings is 2. The lowest BCUT2D eigenvalue weighted by molar-refractivity contribution is -0.116. The number of anilines is 1. The number of carbonyl (C=O) groups excluding carboxylic acids is 1. The van der Waals surface area contributed by atoms with Gasteiger partial charge in [-0.15, -0.1) is 35.7 Å². The van der Waals surface area contributed by atoms with Crippen LogP contribution in [0.2, 0.25) is 0 Å². The van der Waals surface area contributed by atoms with Crippen molar-refractivity contribution < 1.29 is 4.79 Å². The Morgan fingerprint density at radius 1 is 1.12 bits per heavy atom. The molecule has 9 heteroatoms. The van der Waals surface area contributed by atoms with E-state index in [2.05, 4.69) is 57.4 Å². The summed E-state index contributed by atoms with van der Waals surface area (Å²) in [5.74, 6) is 0.606. The topological polar surface area (TPSA) is 83.3 Å². The average Bonchev–Trinajstić information content (AvgIpc) is 3.27. The number of hydrogen-bond donors (Lipinski definition) is 3. The number of rotatable bonds is 8. The largest absolute Gasteiger partial charge is 0.352 e. The minimum atomic E-state index is -0.117. The van der Waals surface area contributed by atoms with Crippen molar-refractivity contribution in [3.8, 4) is 0 Å². The van der Waals surface area contributed by atoms with E-state index < -0.39 is 0 Å². The number of thioether (sulfide) groups is 1. The number of hydrogen-bond acceptors (Lipinski definition) is 4. The number of halogens is 1. The van der Waals surface area contributed by atoms with Gasteiger partial charge in [-0.1, -0.05) is 24.3 Å². The molecule has 3 N–H and O–H groups in total. The number of carbonyl (C=O) groups is 1. The summed E-state index contributed by atoms with van der Waals surface area (Å²) in [6, 6.07) is 16.0. The Kier molecular flexibility index (Phi) is 10.5. The van der Waals surface area contributed by atoms with Gasteiger partial charge >= 0.3 is 0 Å². The molecule has 0 fully saturated rings. The number of aromatic nitrogens is 2. The van der Waals surface area contributed by atoms with E-state index in [-0.39, 0.29) is 36.4 Å². The molecule has 170 valence electrons. The van der Waals surface area contributed by atoms with Gasteiger partial charge < -0.3 is 16.0 Å². The zero-order valence-corrected chi connectivity index (χ0v) is 21.6. The van der Waals surface area contributed by atoms with Crippen LogP contribution in [0.15, 0.2) is 70.8 Å². The van der Waals surface area contributed by atoms with E-state index in [0.29, 0.717) is 13.1 Å². The molecule has 1 heterocycles. The van der Waals surface area contributed by atoms with E-state index >= 15 is 0 Å². The van der Waals surface area contributed by atoms with Crippen molar-refractivity contribution in [1.29, 1.82) is 0 Å². The van der Waals surface area contributed by atoms with E-state index in [1.54, 1.807) is 42.0 Å². The second-order valence-corrected chi connectivity index (χ2v) is 7.89. The first kappa shape index (κ1) is 25.7. The predicted octanol–water partition coefficient (Wildman–Crippen LogP) is 4.04. The summed E-state index contributed by atoms with van der Waals surface area (Å²) in [6.07, 6.45) is 5.50. The fourth-order valence-electron chi connectivity index (χ4n) is 3.08. The van der Waals surface area contributed by atoms with Crippen LogP contribution in [0, 0.1) is 6.92 Å². The van der Waals surface area contributed by atoms with Crippen molar-refractivity contribution >= 4 is 53.3 Å². The Morgan fingerprint density at radius 3 is 2.66 bits per heavy atom. The van der Waals surface area contributed by atoms with Crippen LogP contribution in [0.5, 0.6) is 0 Å². The van der Waals surface area contributed by atoms with Crippen LogP contribution in [-0.4, -0.2) is 35.0 Å². The van der Waals surface area contributed by atoms with Gasteiger partial charge in [0.15, 0.2) is 5.96 Å². The average molecular weight is 564 g/mol.